The maximum Gasteiger partial charge on any atom is 0.220 e. The number of para-hydroxylation sites is 1. The van der Waals surface area contributed by atoms with Gasteiger partial charge in [-0.1, -0.05) is 30.3 Å². The summed E-state index contributed by atoms with van der Waals surface area (Å²) in [5.74, 6) is 1.38. The molecule has 5 rings (SSSR count). The number of rotatable bonds is 8. The molecule has 0 aliphatic carbocycles. The van der Waals surface area contributed by atoms with Crippen LogP contribution in [0.2, 0.25) is 0 Å². The minimum Gasteiger partial charge on any atom is -0.494 e. The molecule has 0 bridgehead atoms. The van der Waals surface area contributed by atoms with Crippen LogP contribution in [0.15, 0.2) is 66.0 Å². The number of ether oxygens (including phenoxy) is 1. The van der Waals surface area contributed by atoms with E-state index in [0.29, 0.717) is 26.0 Å². The first kappa shape index (κ1) is 22.2. The molecule has 1 fully saturated rings. The highest BCUT2D eigenvalue weighted by Gasteiger charge is 2.44. The molecule has 0 aromatic heterocycles. The van der Waals surface area contributed by atoms with Crippen LogP contribution in [0.5, 0.6) is 5.75 Å². The molecule has 2 aromatic rings. The Kier molecular flexibility index (Phi) is 6.35. The molecule has 8 nitrogen and oxygen atoms in total. The molecule has 2 aromatic carbocycles. The molecule has 0 saturated carbocycles. The van der Waals surface area contributed by atoms with Gasteiger partial charge >= 0.3 is 0 Å². The first-order chi connectivity index (χ1) is 16.6. The van der Waals surface area contributed by atoms with Crippen molar-refractivity contribution in [2.24, 2.45) is 5.10 Å². The van der Waals surface area contributed by atoms with E-state index in [1.165, 1.54) is 12.1 Å². The second-order valence-corrected chi connectivity index (χ2v) is 8.57. The number of hydrogen-bond donors (Lipinski definition) is 3. The highest BCUT2D eigenvalue weighted by molar-refractivity contribution is 5.89. The smallest absolute Gasteiger partial charge is 0.220 e. The van der Waals surface area contributed by atoms with Crippen molar-refractivity contribution in [3.63, 3.8) is 0 Å². The summed E-state index contributed by atoms with van der Waals surface area (Å²) in [6, 6.07) is 14.6. The van der Waals surface area contributed by atoms with Crippen molar-refractivity contribution in [1.82, 2.24) is 26.1 Å². The summed E-state index contributed by atoms with van der Waals surface area (Å²) in [6.07, 6.45) is 5.70. The van der Waals surface area contributed by atoms with E-state index in [4.69, 9.17) is 4.74 Å². The monoisotopic (exact) mass is 464 g/mol. The number of hydrogen-bond acceptors (Lipinski definition) is 7. The van der Waals surface area contributed by atoms with E-state index < -0.39 is 0 Å². The minimum absolute atomic E-state index is 0.0147. The number of nitrogens with zero attached hydrogens (tertiary/aromatic N) is 3. The molecule has 3 aliphatic rings. The maximum absolute atomic E-state index is 13.3. The molecule has 3 N–H and O–H groups in total. The van der Waals surface area contributed by atoms with Gasteiger partial charge in [-0.25, -0.2) is 9.82 Å². The quantitative estimate of drug-likeness (QED) is 0.557. The SMILES string of the molecule is CCOc1ccccc1CNC(=O)CCC1=NNC2C3CC(c4ccc(F)cc4)NN3C=CN12. The second-order valence-electron chi connectivity index (χ2n) is 8.57. The van der Waals surface area contributed by atoms with Crippen molar-refractivity contribution in [1.29, 1.82) is 0 Å². The van der Waals surface area contributed by atoms with Crippen LogP contribution in [0.25, 0.3) is 0 Å². The first-order valence-corrected chi connectivity index (χ1v) is 11.7. The number of carbonyl (C=O) groups excluding carboxylic acids is 1. The molecule has 178 valence electrons. The van der Waals surface area contributed by atoms with Crippen molar-refractivity contribution in [3.8, 4) is 5.75 Å². The van der Waals surface area contributed by atoms with E-state index in [-0.39, 0.29) is 30.0 Å². The third-order valence-corrected chi connectivity index (χ3v) is 6.41. The van der Waals surface area contributed by atoms with Crippen molar-refractivity contribution in [2.45, 2.75) is 51.0 Å². The molecule has 0 radical (unpaired) electrons. The Balaban J connectivity index is 1.13. The van der Waals surface area contributed by atoms with Crippen molar-refractivity contribution in [3.05, 3.63) is 77.9 Å². The van der Waals surface area contributed by atoms with Crippen LogP contribution in [0.3, 0.4) is 0 Å². The molecule has 1 saturated heterocycles. The molecule has 9 heteroatoms. The van der Waals surface area contributed by atoms with Gasteiger partial charge in [0.2, 0.25) is 5.91 Å². The van der Waals surface area contributed by atoms with Gasteiger partial charge in [0.15, 0.2) is 0 Å². The molecular weight excluding hydrogens is 435 g/mol. The van der Waals surface area contributed by atoms with E-state index in [1.807, 2.05) is 55.7 Å². The molecular formula is C25H29FN6O2. The third kappa shape index (κ3) is 4.56. The fourth-order valence-corrected chi connectivity index (χ4v) is 4.68. The molecule has 1 amide bonds. The zero-order chi connectivity index (χ0) is 23.5. The minimum atomic E-state index is -0.233. The number of carbonyl (C=O) groups is 1. The van der Waals surface area contributed by atoms with Gasteiger partial charge in [-0.05, 0) is 37.1 Å². The Morgan fingerprint density at radius 1 is 1.21 bits per heavy atom. The topological polar surface area (TPSA) is 81.2 Å². The van der Waals surface area contributed by atoms with Crippen LogP contribution in [-0.4, -0.2) is 40.5 Å². The molecule has 34 heavy (non-hydrogen) atoms. The average molecular weight is 465 g/mol. The van der Waals surface area contributed by atoms with Gasteiger partial charge in [-0.3, -0.25) is 10.2 Å². The number of nitrogens with one attached hydrogen (secondary N) is 3. The standard InChI is InChI=1S/C25H29FN6O2/c1-2-34-22-6-4-3-5-18(22)16-27-24(33)12-11-23-28-29-25-21-15-20(17-7-9-19(26)10-8-17)30-32(21)14-13-31(23)25/h3-10,13-14,20-21,25,29-30H,2,11-12,15-16H2,1H3,(H,27,33). The van der Waals surface area contributed by atoms with E-state index in [0.717, 1.165) is 29.1 Å². The number of fused-ring (bicyclic) bond motifs is 3. The highest BCUT2D eigenvalue weighted by Crippen LogP contribution is 2.34. The zero-order valence-corrected chi connectivity index (χ0v) is 19.1. The first-order valence-electron chi connectivity index (χ1n) is 11.7. The van der Waals surface area contributed by atoms with E-state index in [1.54, 1.807) is 0 Å². The van der Waals surface area contributed by atoms with E-state index in [9.17, 15) is 9.18 Å². The van der Waals surface area contributed by atoms with Crippen molar-refractivity contribution < 1.29 is 13.9 Å². The summed E-state index contributed by atoms with van der Waals surface area (Å²) < 4.78 is 18.9. The Labute approximate surface area is 198 Å². The fourth-order valence-electron chi connectivity index (χ4n) is 4.68. The van der Waals surface area contributed by atoms with Crippen LogP contribution >= 0.6 is 0 Å². The van der Waals surface area contributed by atoms with Crippen LogP contribution in [0.4, 0.5) is 4.39 Å². The second kappa shape index (κ2) is 9.72. The Hall–Kier alpha value is -3.59. The largest absolute Gasteiger partial charge is 0.494 e. The van der Waals surface area contributed by atoms with Gasteiger partial charge in [0.05, 0.1) is 18.7 Å². The summed E-state index contributed by atoms with van der Waals surface area (Å²) in [6.45, 7) is 2.96. The maximum atomic E-state index is 13.3. The summed E-state index contributed by atoms with van der Waals surface area (Å²) in [7, 11) is 0. The normalized spacial score (nSPS) is 22.6. The van der Waals surface area contributed by atoms with Gasteiger partial charge in [0.25, 0.3) is 0 Å². The van der Waals surface area contributed by atoms with Crippen LogP contribution in [0, 0.1) is 5.82 Å². The molecule has 3 heterocycles. The number of benzene rings is 2. The third-order valence-electron chi connectivity index (χ3n) is 6.41. The number of amides is 1. The molecule has 3 unspecified atom stereocenters. The lowest BCUT2D eigenvalue weighted by Crippen LogP contribution is -2.54. The number of hydrazine groups is 1. The van der Waals surface area contributed by atoms with E-state index >= 15 is 0 Å². The average Bonchev–Trinajstić information content (AvgIpc) is 3.47. The number of halogens is 1. The molecule has 3 atom stereocenters. The zero-order valence-electron chi connectivity index (χ0n) is 19.1. The van der Waals surface area contributed by atoms with Gasteiger partial charge < -0.3 is 20.0 Å². The lowest BCUT2D eigenvalue weighted by atomic mass is 9.99. The lowest BCUT2D eigenvalue weighted by molar-refractivity contribution is -0.121. The summed E-state index contributed by atoms with van der Waals surface area (Å²) in [4.78, 5) is 14.6. The Bertz CT molecular complexity index is 1090. The summed E-state index contributed by atoms with van der Waals surface area (Å²) in [5, 5.41) is 9.59. The number of amidine groups is 1. The van der Waals surface area contributed by atoms with E-state index in [2.05, 4.69) is 31.2 Å². The van der Waals surface area contributed by atoms with Crippen LogP contribution in [0.1, 0.15) is 43.4 Å². The van der Waals surface area contributed by atoms with Gasteiger partial charge in [-0.15, -0.1) is 0 Å². The van der Waals surface area contributed by atoms with Crippen LogP contribution < -0.4 is 20.9 Å². The summed E-state index contributed by atoms with van der Waals surface area (Å²) in [5.41, 5.74) is 8.73. The Morgan fingerprint density at radius 2 is 2.03 bits per heavy atom. The number of hydrazone groups is 1. The predicted octanol–water partition coefficient (Wildman–Crippen LogP) is 2.97. The van der Waals surface area contributed by atoms with Gasteiger partial charge in [-0.2, -0.15) is 5.10 Å². The summed E-state index contributed by atoms with van der Waals surface area (Å²) >= 11 is 0. The Morgan fingerprint density at radius 3 is 2.85 bits per heavy atom. The molecule has 3 aliphatic heterocycles. The van der Waals surface area contributed by atoms with Gasteiger partial charge in [0.1, 0.15) is 23.6 Å². The van der Waals surface area contributed by atoms with Gasteiger partial charge in [0, 0.05) is 37.3 Å². The highest BCUT2D eigenvalue weighted by atomic mass is 19.1. The van der Waals surface area contributed by atoms with Crippen molar-refractivity contribution >= 4 is 11.7 Å². The lowest BCUT2D eigenvalue weighted by Gasteiger charge is -2.37. The fraction of sp³-hybridized carbons (Fsp3) is 0.360. The van der Waals surface area contributed by atoms with Crippen LogP contribution in [-0.2, 0) is 11.3 Å². The predicted molar refractivity (Wildman–Crippen MR) is 127 cm³/mol. The molecule has 0 spiro atoms. The van der Waals surface area contributed by atoms with Crippen molar-refractivity contribution in [2.75, 3.05) is 6.61 Å².